The van der Waals surface area contributed by atoms with Crippen molar-refractivity contribution in [2.75, 3.05) is 6.61 Å². The van der Waals surface area contributed by atoms with E-state index in [1.807, 2.05) is 61.7 Å². The summed E-state index contributed by atoms with van der Waals surface area (Å²) in [5.41, 5.74) is 3.44. The van der Waals surface area contributed by atoms with Crippen molar-refractivity contribution >= 4 is 22.4 Å². The van der Waals surface area contributed by atoms with Gasteiger partial charge in [-0.05, 0) is 55.9 Å². The Morgan fingerprint density at radius 1 is 1.16 bits per heavy atom. The molecule has 0 amide bonds. The molecule has 126 valence electrons. The Kier molecular flexibility index (Phi) is 3.72. The summed E-state index contributed by atoms with van der Waals surface area (Å²) in [5.74, 6) is 1.60. The minimum atomic E-state index is 0.602. The second-order valence-electron chi connectivity index (χ2n) is 5.81. The Labute approximate surface area is 145 Å². The first-order chi connectivity index (χ1) is 12.2. The molecule has 0 unspecified atom stereocenters. The Bertz CT molecular complexity index is 1120. The van der Waals surface area contributed by atoms with Crippen LogP contribution in [0.2, 0.25) is 0 Å². The maximum Gasteiger partial charge on any atom is 0.412 e. The first-order valence-corrected chi connectivity index (χ1v) is 8.26. The van der Waals surface area contributed by atoms with Gasteiger partial charge in [0.25, 0.3) is 0 Å². The number of aryl methyl sites for hydroxylation is 2. The third-order valence-corrected chi connectivity index (χ3v) is 4.11. The summed E-state index contributed by atoms with van der Waals surface area (Å²) >= 11 is 0. The molecule has 25 heavy (non-hydrogen) atoms. The molecular weight excluding hydrogens is 314 g/mol. The Morgan fingerprint density at radius 3 is 2.68 bits per heavy atom. The van der Waals surface area contributed by atoms with Crippen LogP contribution in [0.15, 0.2) is 53.5 Å². The highest BCUT2D eigenvalue weighted by molar-refractivity contribution is 5.82. The lowest BCUT2D eigenvalue weighted by Crippen LogP contribution is -2.36. The summed E-state index contributed by atoms with van der Waals surface area (Å²) in [5, 5.41) is 5.65. The predicted octanol–water partition coefficient (Wildman–Crippen LogP) is 2.21. The molecule has 2 aromatic heterocycles. The van der Waals surface area contributed by atoms with Crippen molar-refractivity contribution in [3.63, 3.8) is 0 Å². The maximum absolute atomic E-state index is 5.48. The average molecular weight is 333 g/mol. The highest BCUT2D eigenvalue weighted by atomic mass is 16.5. The van der Waals surface area contributed by atoms with Crippen LogP contribution in [0.25, 0.3) is 16.7 Å². The molecule has 0 spiro atoms. The lowest BCUT2D eigenvalue weighted by molar-refractivity contribution is -0.711. The van der Waals surface area contributed by atoms with Crippen molar-refractivity contribution < 1.29 is 9.42 Å². The number of aromatic nitrogens is 4. The molecule has 4 rings (SSSR count). The van der Waals surface area contributed by atoms with Gasteiger partial charge in [-0.1, -0.05) is 17.1 Å². The van der Waals surface area contributed by atoms with Gasteiger partial charge >= 0.3 is 5.78 Å². The molecule has 0 N–H and O–H groups in total. The quantitative estimate of drug-likeness (QED) is 0.540. The molecule has 0 radical (unpaired) electrons. The average Bonchev–Trinajstić information content (AvgIpc) is 2.93. The number of hydrogen-bond donors (Lipinski definition) is 0. The molecule has 0 fully saturated rings. The van der Waals surface area contributed by atoms with Crippen LogP contribution < -0.4 is 20.1 Å². The van der Waals surface area contributed by atoms with E-state index in [1.54, 1.807) is 4.68 Å². The van der Waals surface area contributed by atoms with Crippen molar-refractivity contribution in [1.29, 1.82) is 0 Å². The summed E-state index contributed by atoms with van der Waals surface area (Å²) in [6.45, 7) is 4.63. The van der Waals surface area contributed by atoms with Crippen LogP contribution in [-0.4, -0.2) is 16.0 Å². The van der Waals surface area contributed by atoms with Crippen LogP contribution in [-0.2, 0) is 7.05 Å². The van der Waals surface area contributed by atoms with Gasteiger partial charge in [0.2, 0.25) is 0 Å². The van der Waals surface area contributed by atoms with E-state index in [9.17, 15) is 0 Å². The topological polar surface area (TPSA) is 56.9 Å². The molecular formula is C19H19N5O. The van der Waals surface area contributed by atoms with E-state index in [0.29, 0.717) is 12.2 Å². The monoisotopic (exact) mass is 333 g/mol. The summed E-state index contributed by atoms with van der Waals surface area (Å²) in [6.07, 6.45) is 0. The van der Waals surface area contributed by atoms with E-state index in [0.717, 1.165) is 33.8 Å². The predicted molar refractivity (Wildman–Crippen MR) is 94.8 cm³/mol. The number of para-hydroxylation sites is 1. The summed E-state index contributed by atoms with van der Waals surface area (Å²) < 4.78 is 9.22. The minimum Gasteiger partial charge on any atom is -0.494 e. The number of nitrogens with zero attached hydrogens (tertiary/aromatic N) is 5. The molecule has 0 aliphatic rings. The van der Waals surface area contributed by atoms with Crippen molar-refractivity contribution in [1.82, 2.24) is 14.5 Å². The number of hydrogen-bond acceptors (Lipinski definition) is 3. The van der Waals surface area contributed by atoms with Crippen molar-refractivity contribution in [2.24, 2.45) is 12.0 Å². The highest BCUT2D eigenvalue weighted by Gasteiger charge is 2.15. The third kappa shape index (κ3) is 2.65. The highest BCUT2D eigenvalue weighted by Crippen LogP contribution is 2.18. The van der Waals surface area contributed by atoms with Gasteiger partial charge < -0.3 is 9.73 Å². The Balaban J connectivity index is 1.97. The molecule has 0 bridgehead atoms. The fourth-order valence-corrected chi connectivity index (χ4v) is 2.95. The first-order valence-electron chi connectivity index (χ1n) is 8.26. The molecule has 6 heteroatoms. The van der Waals surface area contributed by atoms with Gasteiger partial charge in [0.05, 0.1) is 19.0 Å². The molecule has 0 saturated carbocycles. The zero-order valence-corrected chi connectivity index (χ0v) is 14.5. The molecule has 0 saturated heterocycles. The SMILES string of the molecule is CCOc1ccc(N=c2[n-][n+](C)c3nc(C)c4ccccc4n23)cc1. The molecule has 2 aromatic carbocycles. The lowest BCUT2D eigenvalue weighted by atomic mass is 10.2. The number of ether oxygens (including phenoxy) is 1. The van der Waals surface area contributed by atoms with E-state index in [-0.39, 0.29) is 0 Å². The number of rotatable bonds is 3. The lowest BCUT2D eigenvalue weighted by Gasteiger charge is -2.03. The van der Waals surface area contributed by atoms with Crippen LogP contribution in [0.5, 0.6) is 5.75 Å². The van der Waals surface area contributed by atoms with Crippen LogP contribution in [0.3, 0.4) is 0 Å². The second kappa shape index (κ2) is 6.05. The van der Waals surface area contributed by atoms with Gasteiger partial charge in [-0.2, -0.15) is 14.2 Å². The molecule has 0 atom stereocenters. The van der Waals surface area contributed by atoms with Gasteiger partial charge in [0, 0.05) is 0 Å². The number of benzene rings is 2. The van der Waals surface area contributed by atoms with Gasteiger partial charge in [-0.25, -0.2) is 0 Å². The van der Waals surface area contributed by atoms with Crippen molar-refractivity contribution in [3.05, 3.63) is 59.8 Å². The minimum absolute atomic E-state index is 0.602. The van der Waals surface area contributed by atoms with Gasteiger partial charge in [0.1, 0.15) is 17.0 Å². The van der Waals surface area contributed by atoms with E-state index in [2.05, 4.69) is 22.2 Å². The van der Waals surface area contributed by atoms with Crippen molar-refractivity contribution in [3.8, 4) is 5.75 Å². The summed E-state index contributed by atoms with van der Waals surface area (Å²) in [7, 11) is 1.88. The van der Waals surface area contributed by atoms with Crippen LogP contribution in [0, 0.1) is 6.92 Å². The molecule has 0 aliphatic heterocycles. The maximum atomic E-state index is 5.48. The van der Waals surface area contributed by atoms with Crippen molar-refractivity contribution in [2.45, 2.75) is 13.8 Å². The zero-order chi connectivity index (χ0) is 17.4. The fourth-order valence-electron chi connectivity index (χ4n) is 2.95. The molecule has 2 heterocycles. The van der Waals surface area contributed by atoms with Crippen LogP contribution >= 0.6 is 0 Å². The molecule has 0 aliphatic carbocycles. The summed E-state index contributed by atoms with van der Waals surface area (Å²) in [4.78, 5) is 9.39. The van der Waals surface area contributed by atoms with Gasteiger partial charge in [-0.3, -0.25) is 0 Å². The van der Waals surface area contributed by atoms with E-state index in [1.165, 1.54) is 0 Å². The van der Waals surface area contributed by atoms with Gasteiger partial charge in [-0.15, -0.1) is 0 Å². The normalized spacial score (nSPS) is 12.2. The molecule has 4 aromatic rings. The van der Waals surface area contributed by atoms with Crippen LogP contribution in [0.1, 0.15) is 12.6 Å². The Morgan fingerprint density at radius 2 is 1.92 bits per heavy atom. The standard InChI is InChI=1S/C19H19N5O/c1-4-25-15-11-9-14(10-12-15)21-18-22-23(3)19-20-13(2)16-7-5-6-8-17(16)24(18)19/h5-12H,4H2,1-3H3. The second-order valence-corrected chi connectivity index (χ2v) is 5.81. The van der Waals surface area contributed by atoms with Crippen LogP contribution in [0.4, 0.5) is 5.69 Å². The van der Waals surface area contributed by atoms with E-state index >= 15 is 0 Å². The Hall–Kier alpha value is -3.15. The van der Waals surface area contributed by atoms with Gasteiger partial charge in [0.15, 0.2) is 5.62 Å². The fraction of sp³-hybridized carbons (Fsp3) is 0.211. The smallest absolute Gasteiger partial charge is 0.412 e. The van der Waals surface area contributed by atoms with E-state index < -0.39 is 0 Å². The largest absolute Gasteiger partial charge is 0.494 e. The first kappa shape index (κ1) is 15.4. The summed E-state index contributed by atoms with van der Waals surface area (Å²) in [6, 6.07) is 15.8. The third-order valence-electron chi connectivity index (χ3n) is 4.11. The zero-order valence-electron chi connectivity index (χ0n) is 14.5. The van der Waals surface area contributed by atoms with E-state index in [4.69, 9.17) is 9.73 Å². The number of fused-ring (bicyclic) bond motifs is 3. The molecule has 6 nitrogen and oxygen atoms in total.